The molecule has 23 heavy (non-hydrogen) atoms. The Morgan fingerprint density at radius 1 is 1.35 bits per heavy atom. The van der Waals surface area contributed by atoms with Crippen molar-refractivity contribution in [3.05, 3.63) is 24.2 Å². The summed E-state index contributed by atoms with van der Waals surface area (Å²) in [6.45, 7) is 8.49. The number of piperidine rings is 1. The van der Waals surface area contributed by atoms with Crippen LogP contribution in [0.15, 0.2) is 18.3 Å². The second kappa shape index (κ2) is 6.57. The highest BCUT2D eigenvalue weighted by atomic mass is 16.5. The molecule has 4 rings (SSSR count). The number of fused-ring (bicyclic) bond motifs is 1. The Balaban J connectivity index is 1.69. The van der Waals surface area contributed by atoms with E-state index < -0.39 is 0 Å². The van der Waals surface area contributed by atoms with Crippen LogP contribution >= 0.6 is 0 Å². The number of nitrogens with zero attached hydrogens (tertiary/aromatic N) is 4. The van der Waals surface area contributed by atoms with Gasteiger partial charge in [0.1, 0.15) is 11.3 Å². The van der Waals surface area contributed by atoms with Crippen LogP contribution in [-0.2, 0) is 11.3 Å². The molecule has 2 unspecified atom stereocenters. The van der Waals surface area contributed by atoms with E-state index in [0.29, 0.717) is 11.8 Å². The number of rotatable bonds is 4. The zero-order chi connectivity index (χ0) is 15.6. The van der Waals surface area contributed by atoms with Gasteiger partial charge in [0.25, 0.3) is 0 Å². The summed E-state index contributed by atoms with van der Waals surface area (Å²) in [6, 6.07) is 4.08. The summed E-state index contributed by atoms with van der Waals surface area (Å²) >= 11 is 0. The van der Waals surface area contributed by atoms with Crippen LogP contribution < -0.4 is 0 Å². The van der Waals surface area contributed by atoms with Crippen LogP contribution in [0, 0.1) is 5.92 Å². The molecular weight excluding hydrogens is 288 g/mol. The Bertz CT molecular complexity index is 662. The predicted octanol–water partition coefficient (Wildman–Crippen LogP) is 2.67. The highest BCUT2D eigenvalue weighted by Crippen LogP contribution is 2.30. The molecule has 0 aromatic carbocycles. The molecule has 0 spiro atoms. The fourth-order valence-corrected chi connectivity index (χ4v) is 4.01. The maximum absolute atomic E-state index is 5.58. The van der Waals surface area contributed by atoms with E-state index in [1.807, 2.05) is 12.3 Å². The van der Waals surface area contributed by atoms with Crippen LogP contribution in [0.5, 0.6) is 0 Å². The molecule has 2 saturated heterocycles. The van der Waals surface area contributed by atoms with Crippen molar-refractivity contribution in [2.24, 2.45) is 5.92 Å². The maximum atomic E-state index is 5.58. The lowest BCUT2D eigenvalue weighted by molar-refractivity contribution is 0.181. The van der Waals surface area contributed by atoms with Crippen LogP contribution in [0.4, 0.5) is 0 Å². The van der Waals surface area contributed by atoms with E-state index in [4.69, 9.17) is 9.72 Å². The molecular formula is C18H26N4O. The van der Waals surface area contributed by atoms with Crippen LogP contribution in [0.1, 0.15) is 37.9 Å². The number of pyridine rings is 1. The number of likely N-dealkylation sites (N-methyl/N-ethyl adjacent to an activating group) is 1. The first-order valence-electron chi connectivity index (χ1n) is 8.96. The first-order valence-corrected chi connectivity index (χ1v) is 8.96. The standard InChI is InChI=1S/C18H26N4O/c1-2-21-9-4-5-15(12-21)17-20-16-6-3-8-19-18(16)22(17)11-14-7-10-23-13-14/h3,6,8,14-15H,2,4-5,7,9-13H2,1H3. The average molecular weight is 314 g/mol. The van der Waals surface area contributed by atoms with Crippen molar-refractivity contribution in [3.63, 3.8) is 0 Å². The molecule has 2 aromatic heterocycles. The largest absolute Gasteiger partial charge is 0.381 e. The van der Waals surface area contributed by atoms with Gasteiger partial charge in [0.2, 0.25) is 0 Å². The third-order valence-corrected chi connectivity index (χ3v) is 5.32. The van der Waals surface area contributed by atoms with Crippen molar-refractivity contribution >= 4 is 11.2 Å². The van der Waals surface area contributed by atoms with Crippen molar-refractivity contribution in [3.8, 4) is 0 Å². The van der Waals surface area contributed by atoms with Crippen LogP contribution in [-0.4, -0.2) is 52.3 Å². The fraction of sp³-hybridized carbons (Fsp3) is 0.667. The molecule has 0 aliphatic carbocycles. The minimum Gasteiger partial charge on any atom is -0.381 e. The van der Waals surface area contributed by atoms with Gasteiger partial charge >= 0.3 is 0 Å². The third kappa shape index (κ3) is 3.00. The van der Waals surface area contributed by atoms with Gasteiger partial charge in [-0.2, -0.15) is 0 Å². The Kier molecular flexibility index (Phi) is 4.31. The average Bonchev–Trinajstić information content (AvgIpc) is 3.24. The Hall–Kier alpha value is -1.46. The van der Waals surface area contributed by atoms with Crippen LogP contribution in [0.25, 0.3) is 11.2 Å². The normalized spacial score (nSPS) is 26.1. The lowest BCUT2D eigenvalue weighted by atomic mass is 9.97. The summed E-state index contributed by atoms with van der Waals surface area (Å²) in [4.78, 5) is 12.1. The summed E-state index contributed by atoms with van der Waals surface area (Å²) in [5.74, 6) is 2.36. The monoisotopic (exact) mass is 314 g/mol. The van der Waals surface area contributed by atoms with E-state index in [1.165, 1.54) is 25.2 Å². The van der Waals surface area contributed by atoms with E-state index in [0.717, 1.165) is 50.4 Å². The molecule has 124 valence electrons. The second-order valence-electron chi connectivity index (χ2n) is 6.89. The van der Waals surface area contributed by atoms with Crippen molar-refractivity contribution in [1.82, 2.24) is 19.4 Å². The van der Waals surface area contributed by atoms with Crippen LogP contribution in [0.2, 0.25) is 0 Å². The minimum atomic E-state index is 0.528. The van der Waals surface area contributed by atoms with Gasteiger partial charge in [-0.3, -0.25) is 0 Å². The molecule has 2 fully saturated rings. The molecule has 0 bridgehead atoms. The topological polar surface area (TPSA) is 43.2 Å². The molecule has 5 heteroatoms. The smallest absolute Gasteiger partial charge is 0.160 e. The molecule has 2 aliphatic heterocycles. The van der Waals surface area contributed by atoms with E-state index in [9.17, 15) is 0 Å². The molecule has 0 radical (unpaired) electrons. The van der Waals surface area contributed by atoms with Crippen molar-refractivity contribution in [1.29, 1.82) is 0 Å². The fourth-order valence-electron chi connectivity index (χ4n) is 4.01. The predicted molar refractivity (Wildman–Crippen MR) is 90.5 cm³/mol. The van der Waals surface area contributed by atoms with Gasteiger partial charge in [0.05, 0.1) is 6.61 Å². The lowest BCUT2D eigenvalue weighted by Crippen LogP contribution is -2.35. The number of ether oxygens (including phenoxy) is 1. The number of imidazole rings is 1. The van der Waals surface area contributed by atoms with Crippen molar-refractivity contribution in [2.75, 3.05) is 32.8 Å². The molecule has 2 aromatic rings. The Morgan fingerprint density at radius 2 is 2.30 bits per heavy atom. The molecule has 4 heterocycles. The number of hydrogen-bond acceptors (Lipinski definition) is 4. The quantitative estimate of drug-likeness (QED) is 0.870. The van der Waals surface area contributed by atoms with Gasteiger partial charge in [0, 0.05) is 37.7 Å². The maximum Gasteiger partial charge on any atom is 0.160 e. The summed E-state index contributed by atoms with van der Waals surface area (Å²) in [5, 5.41) is 0. The van der Waals surface area contributed by atoms with Crippen LogP contribution in [0.3, 0.4) is 0 Å². The van der Waals surface area contributed by atoms with Gasteiger partial charge in [-0.1, -0.05) is 6.92 Å². The van der Waals surface area contributed by atoms with Gasteiger partial charge in [-0.25, -0.2) is 9.97 Å². The third-order valence-electron chi connectivity index (χ3n) is 5.32. The number of aromatic nitrogens is 3. The van der Waals surface area contributed by atoms with E-state index in [2.05, 4.69) is 27.4 Å². The van der Waals surface area contributed by atoms with Gasteiger partial charge < -0.3 is 14.2 Å². The highest BCUT2D eigenvalue weighted by Gasteiger charge is 2.27. The number of hydrogen-bond donors (Lipinski definition) is 0. The SMILES string of the molecule is CCN1CCCC(c2nc3cccnc3n2CC2CCOC2)C1. The summed E-state index contributed by atoms with van der Waals surface area (Å²) in [6.07, 6.45) is 5.54. The van der Waals surface area contributed by atoms with Gasteiger partial charge in [-0.15, -0.1) is 0 Å². The molecule has 0 amide bonds. The highest BCUT2D eigenvalue weighted by molar-refractivity contribution is 5.71. The summed E-state index contributed by atoms with van der Waals surface area (Å²) in [7, 11) is 0. The molecule has 2 atom stereocenters. The van der Waals surface area contributed by atoms with Crippen molar-refractivity contribution < 1.29 is 4.74 Å². The molecule has 5 nitrogen and oxygen atoms in total. The van der Waals surface area contributed by atoms with Crippen molar-refractivity contribution in [2.45, 2.75) is 38.6 Å². The summed E-state index contributed by atoms with van der Waals surface area (Å²) in [5.41, 5.74) is 2.08. The Labute approximate surface area is 137 Å². The van der Waals surface area contributed by atoms with Gasteiger partial charge in [0.15, 0.2) is 5.65 Å². The Morgan fingerprint density at radius 3 is 3.13 bits per heavy atom. The second-order valence-corrected chi connectivity index (χ2v) is 6.89. The molecule has 0 saturated carbocycles. The minimum absolute atomic E-state index is 0.528. The lowest BCUT2D eigenvalue weighted by Gasteiger charge is -2.31. The molecule has 0 N–H and O–H groups in total. The zero-order valence-corrected chi connectivity index (χ0v) is 13.9. The number of likely N-dealkylation sites (tertiary alicyclic amines) is 1. The molecule has 2 aliphatic rings. The zero-order valence-electron chi connectivity index (χ0n) is 13.9. The summed E-state index contributed by atoms with van der Waals surface area (Å²) < 4.78 is 7.96. The van der Waals surface area contributed by atoms with E-state index in [1.54, 1.807) is 0 Å². The van der Waals surface area contributed by atoms with E-state index >= 15 is 0 Å². The first kappa shape index (κ1) is 15.1. The van der Waals surface area contributed by atoms with E-state index in [-0.39, 0.29) is 0 Å². The van der Waals surface area contributed by atoms with Gasteiger partial charge in [-0.05, 0) is 44.5 Å². The first-order chi connectivity index (χ1) is 11.3.